The lowest BCUT2D eigenvalue weighted by Gasteiger charge is -1.89. The number of hydrogen-bond donors (Lipinski definition) is 0. The van der Waals surface area contributed by atoms with Crippen LogP contribution in [0.4, 0.5) is 0 Å². The summed E-state index contributed by atoms with van der Waals surface area (Å²) in [6, 6.07) is 0. The predicted molar refractivity (Wildman–Crippen MR) is 34.4 cm³/mol. The molecule has 0 aliphatic carbocycles. The lowest BCUT2D eigenvalue weighted by Crippen LogP contribution is -1.66. The molecule has 52 valence electrons. The van der Waals surface area contributed by atoms with Gasteiger partial charge in [0, 0.05) is 14.2 Å². The third-order valence-corrected chi connectivity index (χ3v) is 1.00. The summed E-state index contributed by atoms with van der Waals surface area (Å²) >= 11 is 0. The van der Waals surface area contributed by atoms with Crippen molar-refractivity contribution in [1.82, 2.24) is 0 Å². The summed E-state index contributed by atoms with van der Waals surface area (Å²) in [6.07, 6.45) is 0. The fraction of sp³-hybridized carbons (Fsp3) is 1.00. The van der Waals surface area contributed by atoms with Gasteiger partial charge in [0.2, 0.25) is 0 Å². The molecule has 0 aromatic heterocycles. The highest BCUT2D eigenvalue weighted by Gasteiger charge is 1.83. The largest absolute Gasteiger partial charge is 0.318 e. The molecule has 0 saturated carbocycles. The molecule has 3 nitrogen and oxygen atoms in total. The van der Waals surface area contributed by atoms with E-state index < -0.39 is 8.25 Å². The lowest BCUT2D eigenvalue weighted by atomic mass is 11.0. The Kier molecular flexibility index (Phi) is 14.0. The smallest absolute Gasteiger partial charge is 0.314 e. The van der Waals surface area contributed by atoms with Gasteiger partial charge in [-0.3, -0.25) is 4.57 Å². The van der Waals surface area contributed by atoms with Gasteiger partial charge in [0.1, 0.15) is 0 Å². The van der Waals surface area contributed by atoms with Crippen LogP contribution in [0.3, 0.4) is 0 Å². The van der Waals surface area contributed by atoms with Crippen LogP contribution in [0.15, 0.2) is 0 Å². The van der Waals surface area contributed by atoms with Gasteiger partial charge in [0.05, 0.1) is 0 Å². The van der Waals surface area contributed by atoms with Gasteiger partial charge in [-0.25, -0.2) is 0 Å². The predicted octanol–water partition coefficient (Wildman–Crippen LogP) is 1.70. The van der Waals surface area contributed by atoms with Gasteiger partial charge < -0.3 is 9.05 Å². The third-order valence-electron chi connectivity index (χ3n) is 0.333. The van der Waals surface area contributed by atoms with Crippen molar-refractivity contribution in [3.8, 4) is 0 Å². The summed E-state index contributed by atoms with van der Waals surface area (Å²) in [5, 5.41) is 0. The summed E-state index contributed by atoms with van der Waals surface area (Å²) in [4.78, 5) is 0. The molecule has 0 aromatic carbocycles. The quantitative estimate of drug-likeness (QED) is 0.547. The second kappa shape index (κ2) is 10.2. The van der Waals surface area contributed by atoms with Gasteiger partial charge >= 0.3 is 8.25 Å². The Morgan fingerprint density at radius 1 is 1.12 bits per heavy atom. The molecule has 0 rings (SSSR count). The van der Waals surface area contributed by atoms with E-state index in [2.05, 4.69) is 9.05 Å². The molecular formula is C4H13O3P. The Balaban J connectivity index is 0. The third kappa shape index (κ3) is 9.47. The summed E-state index contributed by atoms with van der Waals surface area (Å²) in [5.74, 6) is 0. The van der Waals surface area contributed by atoms with Crippen LogP contribution in [0, 0.1) is 0 Å². The standard InChI is InChI=1S/C2H7O3P.C2H6/c1-4-6(3)5-2;1-2/h6H,1-2H3;1-2H3. The maximum Gasteiger partial charge on any atom is 0.318 e. The normalized spacial score (nSPS) is 8.12. The first kappa shape index (κ1) is 11.0. The first-order chi connectivity index (χ1) is 3.81. The van der Waals surface area contributed by atoms with Crippen LogP contribution in [0.2, 0.25) is 0 Å². The van der Waals surface area contributed by atoms with Crippen molar-refractivity contribution < 1.29 is 13.6 Å². The fourth-order valence-corrected chi connectivity index (χ4v) is 0.250. The maximum atomic E-state index is 9.92. The second-order valence-corrected chi connectivity index (χ2v) is 1.97. The van der Waals surface area contributed by atoms with Crippen LogP contribution in [0.25, 0.3) is 0 Å². The molecule has 0 aliphatic heterocycles. The second-order valence-electron chi connectivity index (χ2n) is 0.658. The molecule has 0 spiro atoms. The minimum absolute atomic E-state index is 1.34. The zero-order chi connectivity index (χ0) is 6.99. The van der Waals surface area contributed by atoms with E-state index in [0.717, 1.165) is 0 Å². The van der Waals surface area contributed by atoms with Gasteiger partial charge in [-0.1, -0.05) is 13.8 Å². The van der Waals surface area contributed by atoms with Crippen LogP contribution in [0.1, 0.15) is 13.8 Å². The number of hydrogen-bond acceptors (Lipinski definition) is 3. The summed E-state index contributed by atoms with van der Waals surface area (Å²) in [6.45, 7) is 4.00. The van der Waals surface area contributed by atoms with E-state index in [0.29, 0.717) is 0 Å². The topological polar surface area (TPSA) is 35.5 Å². The molecule has 0 fully saturated rings. The maximum absolute atomic E-state index is 9.92. The Hall–Kier alpha value is 0.150. The Morgan fingerprint density at radius 3 is 1.38 bits per heavy atom. The lowest BCUT2D eigenvalue weighted by molar-refractivity contribution is 0.302. The van der Waals surface area contributed by atoms with E-state index in [-0.39, 0.29) is 0 Å². The van der Waals surface area contributed by atoms with Crippen LogP contribution in [-0.2, 0) is 13.6 Å². The molecule has 0 heterocycles. The zero-order valence-electron chi connectivity index (χ0n) is 5.72. The Labute approximate surface area is 50.9 Å². The molecule has 0 atom stereocenters. The van der Waals surface area contributed by atoms with Crippen LogP contribution < -0.4 is 0 Å². The van der Waals surface area contributed by atoms with Crippen molar-refractivity contribution in [3.05, 3.63) is 0 Å². The van der Waals surface area contributed by atoms with Crippen molar-refractivity contribution in [2.45, 2.75) is 13.8 Å². The van der Waals surface area contributed by atoms with Crippen molar-refractivity contribution >= 4 is 8.25 Å². The van der Waals surface area contributed by atoms with E-state index >= 15 is 0 Å². The molecule has 0 aliphatic rings. The molecular weight excluding hydrogens is 127 g/mol. The summed E-state index contributed by atoms with van der Waals surface area (Å²) < 4.78 is 18.4. The van der Waals surface area contributed by atoms with Crippen molar-refractivity contribution in [2.75, 3.05) is 14.2 Å². The minimum Gasteiger partial charge on any atom is -0.314 e. The monoisotopic (exact) mass is 140 g/mol. The van der Waals surface area contributed by atoms with Gasteiger partial charge in [-0.15, -0.1) is 0 Å². The molecule has 0 bridgehead atoms. The van der Waals surface area contributed by atoms with E-state index in [1.807, 2.05) is 13.8 Å². The van der Waals surface area contributed by atoms with E-state index in [4.69, 9.17) is 0 Å². The van der Waals surface area contributed by atoms with Crippen LogP contribution in [0.5, 0.6) is 0 Å². The van der Waals surface area contributed by atoms with Crippen LogP contribution in [-0.4, -0.2) is 14.2 Å². The molecule has 0 amide bonds. The Morgan fingerprint density at radius 2 is 1.38 bits per heavy atom. The average Bonchev–Trinajstić information content (AvgIpc) is 1.91. The molecule has 4 heteroatoms. The van der Waals surface area contributed by atoms with E-state index in [9.17, 15) is 4.57 Å². The minimum atomic E-state index is -2.12. The molecule has 0 radical (unpaired) electrons. The summed E-state index contributed by atoms with van der Waals surface area (Å²) in [7, 11) is 0.558. The van der Waals surface area contributed by atoms with Gasteiger partial charge in [-0.05, 0) is 0 Å². The van der Waals surface area contributed by atoms with Crippen molar-refractivity contribution in [2.24, 2.45) is 0 Å². The average molecular weight is 140 g/mol. The van der Waals surface area contributed by atoms with Crippen LogP contribution >= 0.6 is 8.25 Å². The molecule has 8 heavy (non-hydrogen) atoms. The fourth-order valence-electron chi connectivity index (χ4n) is 0.0833. The molecule has 0 aromatic rings. The SMILES string of the molecule is CC.CO[PH](=O)OC. The van der Waals surface area contributed by atoms with Crippen molar-refractivity contribution in [1.29, 1.82) is 0 Å². The van der Waals surface area contributed by atoms with Crippen molar-refractivity contribution in [3.63, 3.8) is 0 Å². The first-order valence-electron chi connectivity index (χ1n) is 2.43. The molecule has 0 saturated heterocycles. The highest BCUT2D eigenvalue weighted by molar-refractivity contribution is 7.33. The highest BCUT2D eigenvalue weighted by atomic mass is 31.1. The number of rotatable bonds is 2. The molecule has 0 N–H and O–H groups in total. The first-order valence-corrected chi connectivity index (χ1v) is 3.65. The van der Waals surface area contributed by atoms with E-state index in [1.54, 1.807) is 0 Å². The Bertz CT molecular complexity index is 49.2. The summed E-state index contributed by atoms with van der Waals surface area (Å²) in [5.41, 5.74) is 0. The van der Waals surface area contributed by atoms with Gasteiger partial charge in [0.15, 0.2) is 0 Å². The van der Waals surface area contributed by atoms with E-state index in [1.165, 1.54) is 14.2 Å². The van der Waals surface area contributed by atoms with Gasteiger partial charge in [-0.2, -0.15) is 0 Å². The molecule has 0 unspecified atom stereocenters. The highest BCUT2D eigenvalue weighted by Crippen LogP contribution is 2.18. The van der Waals surface area contributed by atoms with Gasteiger partial charge in [0.25, 0.3) is 0 Å². The zero-order valence-corrected chi connectivity index (χ0v) is 6.72.